The zero-order valence-electron chi connectivity index (χ0n) is 26.9. The van der Waals surface area contributed by atoms with Crippen LogP contribution in [0.25, 0.3) is 17.2 Å². The van der Waals surface area contributed by atoms with Gasteiger partial charge in [-0.15, -0.1) is 0 Å². The van der Waals surface area contributed by atoms with Gasteiger partial charge in [-0.05, 0) is 107 Å². The molecule has 0 bridgehead atoms. The highest BCUT2D eigenvalue weighted by Gasteiger charge is 2.18. The smallest absolute Gasteiger partial charge is 0.161 e. The fraction of sp³-hybridized carbons (Fsp3) is 0.275. The molecule has 1 unspecified atom stereocenters. The molecule has 1 aliphatic rings. The molecule has 244 valence electrons. The molecule has 47 heavy (non-hydrogen) atoms. The lowest BCUT2D eigenvalue weighted by atomic mass is 9.88. The summed E-state index contributed by atoms with van der Waals surface area (Å²) in [7, 11) is 0. The van der Waals surface area contributed by atoms with E-state index in [9.17, 15) is 20.1 Å². The second-order valence-electron chi connectivity index (χ2n) is 12.0. The maximum atomic E-state index is 12.3. The number of phenolic OH excluding ortho intramolecular Hbond substituents is 3. The summed E-state index contributed by atoms with van der Waals surface area (Å²) < 4.78 is 6.08. The number of phenols is 3. The number of aromatic hydroxyl groups is 3. The first-order valence-corrected chi connectivity index (χ1v) is 16.4. The van der Waals surface area contributed by atoms with Crippen LogP contribution in [0.5, 0.6) is 23.0 Å². The number of carbonyl (C=O) groups is 1. The number of ketones is 1. The molecule has 0 amide bonds. The molecule has 0 aliphatic carbocycles. The summed E-state index contributed by atoms with van der Waals surface area (Å²) in [6.45, 7) is 2.44. The summed E-state index contributed by atoms with van der Waals surface area (Å²) >= 11 is 0. The standard InChI is InChI=1S/C40H44N2O5/c1-2-3-4-5-6-7-32(43)14-8-27-10-18-37(46)38(26-27)47-23-21-30-13-19-36(45)35(39(30)29-11-15-33(44)16-12-29)25-28-9-17-34-31(24-28)20-22-42-40(34)41/h6-7,9-13,15-20,22,24,26,40,42,44-46H,2-5,8,14,21,23,25,41H2,1H3. The van der Waals surface area contributed by atoms with Crippen molar-refractivity contribution in [1.29, 1.82) is 0 Å². The lowest BCUT2D eigenvalue weighted by Crippen LogP contribution is -2.27. The molecule has 0 radical (unpaired) electrons. The Hall–Kier alpha value is -5.01. The third-order valence-corrected chi connectivity index (χ3v) is 8.53. The maximum Gasteiger partial charge on any atom is 0.161 e. The van der Waals surface area contributed by atoms with Crippen LogP contribution >= 0.6 is 0 Å². The molecular weight excluding hydrogens is 588 g/mol. The Balaban J connectivity index is 1.32. The van der Waals surface area contributed by atoms with Crippen molar-refractivity contribution >= 4 is 11.9 Å². The largest absolute Gasteiger partial charge is 0.508 e. The van der Waals surface area contributed by atoms with E-state index in [2.05, 4.69) is 18.3 Å². The van der Waals surface area contributed by atoms with Gasteiger partial charge in [-0.1, -0.05) is 68.3 Å². The molecule has 7 nitrogen and oxygen atoms in total. The number of benzene rings is 4. The Morgan fingerprint density at radius 3 is 2.51 bits per heavy atom. The number of allylic oxidation sites excluding steroid dienone is 2. The predicted octanol–water partition coefficient (Wildman–Crippen LogP) is 7.85. The molecule has 0 spiro atoms. The van der Waals surface area contributed by atoms with Crippen LogP contribution in [-0.4, -0.2) is 27.7 Å². The van der Waals surface area contributed by atoms with E-state index in [0.717, 1.165) is 63.8 Å². The van der Waals surface area contributed by atoms with Crippen molar-refractivity contribution in [2.45, 2.75) is 64.5 Å². The van der Waals surface area contributed by atoms with Crippen molar-refractivity contribution < 1.29 is 24.9 Å². The summed E-state index contributed by atoms with van der Waals surface area (Å²) in [5.74, 6) is 0.837. The Bertz CT molecular complexity index is 1740. The minimum Gasteiger partial charge on any atom is -0.508 e. The zero-order valence-corrected chi connectivity index (χ0v) is 26.9. The van der Waals surface area contributed by atoms with Gasteiger partial charge < -0.3 is 31.1 Å². The van der Waals surface area contributed by atoms with Crippen LogP contribution in [-0.2, 0) is 24.1 Å². The van der Waals surface area contributed by atoms with Crippen LogP contribution in [0.4, 0.5) is 0 Å². The average Bonchev–Trinajstić information content (AvgIpc) is 3.07. The van der Waals surface area contributed by atoms with Crippen LogP contribution in [0, 0.1) is 0 Å². The fourth-order valence-electron chi connectivity index (χ4n) is 5.94. The quantitative estimate of drug-likeness (QED) is 0.0668. The fourth-order valence-corrected chi connectivity index (χ4v) is 5.94. The summed E-state index contributed by atoms with van der Waals surface area (Å²) in [4.78, 5) is 12.3. The number of nitrogens with one attached hydrogen (secondary N) is 1. The van der Waals surface area contributed by atoms with Gasteiger partial charge in [-0.25, -0.2) is 0 Å². The molecule has 0 aromatic heterocycles. The van der Waals surface area contributed by atoms with Crippen molar-refractivity contribution in [3.63, 3.8) is 0 Å². The highest BCUT2D eigenvalue weighted by atomic mass is 16.5. The van der Waals surface area contributed by atoms with E-state index in [1.54, 1.807) is 36.4 Å². The van der Waals surface area contributed by atoms with Gasteiger partial charge in [0.1, 0.15) is 17.7 Å². The Morgan fingerprint density at radius 2 is 1.70 bits per heavy atom. The number of carbonyl (C=O) groups excluding carboxylic acids is 1. The van der Waals surface area contributed by atoms with Gasteiger partial charge in [-0.2, -0.15) is 0 Å². The van der Waals surface area contributed by atoms with E-state index >= 15 is 0 Å². The molecule has 1 heterocycles. The lowest BCUT2D eigenvalue weighted by molar-refractivity contribution is -0.114. The minimum atomic E-state index is -0.266. The first-order valence-electron chi connectivity index (χ1n) is 16.4. The predicted molar refractivity (Wildman–Crippen MR) is 187 cm³/mol. The van der Waals surface area contributed by atoms with Crippen LogP contribution in [0.2, 0.25) is 0 Å². The zero-order chi connectivity index (χ0) is 33.2. The third-order valence-electron chi connectivity index (χ3n) is 8.53. The number of nitrogens with two attached hydrogens (primary N) is 1. The lowest BCUT2D eigenvalue weighted by Gasteiger charge is -2.21. The van der Waals surface area contributed by atoms with Gasteiger partial charge in [0.25, 0.3) is 0 Å². The Labute approximate surface area is 277 Å². The molecule has 1 atom stereocenters. The topological polar surface area (TPSA) is 125 Å². The van der Waals surface area contributed by atoms with Gasteiger partial charge >= 0.3 is 0 Å². The number of rotatable bonds is 15. The molecule has 4 aromatic rings. The minimum absolute atomic E-state index is 0.0393. The highest BCUT2D eigenvalue weighted by Crippen LogP contribution is 2.37. The van der Waals surface area contributed by atoms with Crippen LogP contribution < -0.4 is 15.8 Å². The first kappa shape index (κ1) is 33.4. The maximum absolute atomic E-state index is 12.3. The van der Waals surface area contributed by atoms with Gasteiger partial charge in [0.15, 0.2) is 17.3 Å². The second kappa shape index (κ2) is 16.0. The summed E-state index contributed by atoms with van der Waals surface area (Å²) in [6, 6.07) is 21.9. The molecule has 1 aliphatic heterocycles. The van der Waals surface area contributed by atoms with E-state index in [1.807, 2.05) is 54.8 Å². The molecular formula is C40H44N2O5. The number of ether oxygens (including phenoxy) is 1. The van der Waals surface area contributed by atoms with Gasteiger partial charge in [0.05, 0.1) is 6.61 Å². The summed E-state index contributed by atoms with van der Waals surface area (Å²) in [5.41, 5.74) is 13.7. The number of aryl methyl sites for hydroxylation is 1. The second-order valence-corrected chi connectivity index (χ2v) is 12.0. The van der Waals surface area contributed by atoms with Gasteiger partial charge in [0.2, 0.25) is 0 Å². The van der Waals surface area contributed by atoms with Crippen molar-refractivity contribution in [2.24, 2.45) is 5.73 Å². The first-order chi connectivity index (χ1) is 22.8. The molecule has 7 heteroatoms. The monoisotopic (exact) mass is 632 g/mol. The molecule has 0 fully saturated rings. The SMILES string of the molecule is CCCCCC=CC(=O)CCc1ccc(O)c(OCCc2ccc(O)c(Cc3ccc4c(c3)C=CNC4N)c2-c2ccc(O)cc2)c1. The number of hydrogen-bond acceptors (Lipinski definition) is 7. The normalized spacial score (nSPS) is 13.8. The van der Waals surface area contributed by atoms with Crippen molar-refractivity contribution in [3.05, 3.63) is 125 Å². The van der Waals surface area contributed by atoms with E-state index in [1.165, 1.54) is 6.42 Å². The number of fused-ring (bicyclic) bond motifs is 1. The molecule has 6 N–H and O–H groups in total. The molecule has 4 aromatic carbocycles. The number of hydrogen-bond donors (Lipinski definition) is 5. The van der Waals surface area contributed by atoms with Crippen LogP contribution in [0.3, 0.4) is 0 Å². The van der Waals surface area contributed by atoms with Crippen LogP contribution in [0.15, 0.2) is 91.1 Å². The Kier molecular flexibility index (Phi) is 11.4. The Morgan fingerprint density at radius 1 is 0.915 bits per heavy atom. The summed E-state index contributed by atoms with van der Waals surface area (Å²) in [6.07, 6.45) is 13.5. The molecule has 0 saturated heterocycles. The summed E-state index contributed by atoms with van der Waals surface area (Å²) in [5, 5.41) is 34.7. The van der Waals surface area contributed by atoms with Crippen LogP contribution in [0.1, 0.15) is 78.6 Å². The van der Waals surface area contributed by atoms with Gasteiger partial charge in [0, 0.05) is 24.8 Å². The highest BCUT2D eigenvalue weighted by molar-refractivity contribution is 5.89. The van der Waals surface area contributed by atoms with Crippen molar-refractivity contribution in [1.82, 2.24) is 5.32 Å². The molecule has 0 saturated carbocycles. The average molecular weight is 633 g/mol. The van der Waals surface area contributed by atoms with Crippen molar-refractivity contribution in [3.8, 4) is 34.1 Å². The third kappa shape index (κ3) is 8.83. The van der Waals surface area contributed by atoms with Crippen molar-refractivity contribution in [2.75, 3.05) is 6.61 Å². The van der Waals surface area contributed by atoms with E-state index < -0.39 is 0 Å². The van der Waals surface area contributed by atoms with Gasteiger partial charge in [-0.3, -0.25) is 4.79 Å². The van der Waals surface area contributed by atoms with E-state index in [0.29, 0.717) is 31.4 Å². The van der Waals surface area contributed by atoms with E-state index in [4.69, 9.17) is 10.5 Å². The number of unbranched alkanes of at least 4 members (excludes halogenated alkanes) is 3. The molecule has 5 rings (SSSR count). The van der Waals surface area contributed by atoms with E-state index in [-0.39, 0.29) is 35.8 Å².